The van der Waals surface area contributed by atoms with Crippen LogP contribution in [0.15, 0.2) is 0 Å². The van der Waals surface area contributed by atoms with Gasteiger partial charge in [0.15, 0.2) is 0 Å². The van der Waals surface area contributed by atoms with Gasteiger partial charge in [-0.25, -0.2) is 4.79 Å². The molecule has 2 rings (SSSR count). The summed E-state index contributed by atoms with van der Waals surface area (Å²) in [5.74, 6) is -0.226. The molecule has 0 radical (unpaired) electrons. The summed E-state index contributed by atoms with van der Waals surface area (Å²) in [6, 6.07) is 0. The van der Waals surface area contributed by atoms with E-state index in [1.54, 1.807) is 0 Å². The smallest absolute Gasteiger partial charge is 0.407 e. The van der Waals surface area contributed by atoms with Crippen LogP contribution in [-0.2, 0) is 4.79 Å². The van der Waals surface area contributed by atoms with Gasteiger partial charge in [0.2, 0.25) is 5.91 Å². The highest BCUT2D eigenvalue weighted by molar-refractivity contribution is 5.88. The molecule has 0 saturated carbocycles. The van der Waals surface area contributed by atoms with Gasteiger partial charge in [-0.1, -0.05) is 20.8 Å². The predicted octanol–water partition coefficient (Wildman–Crippen LogP) is 0.654. The number of nitrogens with zero attached hydrogens (tertiary/aromatic N) is 1. The van der Waals surface area contributed by atoms with Gasteiger partial charge in [-0.2, -0.15) is 0 Å². The first kappa shape index (κ1) is 14.1. The minimum atomic E-state index is -1.23. The zero-order valence-electron chi connectivity index (χ0n) is 11.7. The molecule has 2 saturated heterocycles. The number of amides is 2. The largest absolute Gasteiger partial charge is 0.465 e. The Hall–Kier alpha value is -1.30. The van der Waals surface area contributed by atoms with Crippen molar-refractivity contribution in [2.45, 2.75) is 39.2 Å². The number of aliphatic hydroxyl groups is 1. The number of likely N-dealkylation sites (tertiary alicyclic amines) is 1. The van der Waals surface area contributed by atoms with Crippen LogP contribution in [0, 0.1) is 10.8 Å². The molecule has 19 heavy (non-hydrogen) atoms. The fourth-order valence-electron chi connectivity index (χ4n) is 3.46. The molecular formula is C13H22N2O4. The lowest BCUT2D eigenvalue weighted by Crippen LogP contribution is -2.63. The highest BCUT2D eigenvalue weighted by Gasteiger charge is 2.66. The molecule has 6 nitrogen and oxygen atoms in total. The second-order valence-corrected chi connectivity index (χ2v) is 6.68. The minimum Gasteiger partial charge on any atom is -0.465 e. The third kappa shape index (κ3) is 1.81. The fourth-order valence-corrected chi connectivity index (χ4v) is 3.46. The third-order valence-electron chi connectivity index (χ3n) is 4.73. The average Bonchev–Trinajstić information content (AvgIpc) is 2.55. The summed E-state index contributed by atoms with van der Waals surface area (Å²) in [5, 5.41) is 23.0. The standard InChI is InChI=1S/C13H22N2O4/c1-11(2,3)13(19)7-14-9(16)12(13)5-4-6-15(8-12)10(17)18/h19H,4-8H2,1-3H3,(H,14,16)(H,17,18). The van der Waals surface area contributed by atoms with Crippen molar-refractivity contribution in [2.24, 2.45) is 10.8 Å². The van der Waals surface area contributed by atoms with E-state index in [9.17, 15) is 14.7 Å². The highest BCUT2D eigenvalue weighted by Crippen LogP contribution is 2.51. The molecule has 2 aliphatic heterocycles. The Morgan fingerprint density at radius 1 is 1.42 bits per heavy atom. The van der Waals surface area contributed by atoms with E-state index >= 15 is 0 Å². The van der Waals surface area contributed by atoms with E-state index in [1.165, 1.54) is 4.90 Å². The predicted molar refractivity (Wildman–Crippen MR) is 68.7 cm³/mol. The Labute approximate surface area is 112 Å². The average molecular weight is 270 g/mol. The van der Waals surface area contributed by atoms with Crippen molar-refractivity contribution in [3.05, 3.63) is 0 Å². The number of hydrogen-bond acceptors (Lipinski definition) is 3. The van der Waals surface area contributed by atoms with Crippen LogP contribution in [0.3, 0.4) is 0 Å². The van der Waals surface area contributed by atoms with E-state index in [0.717, 1.165) is 0 Å². The topological polar surface area (TPSA) is 89.9 Å². The van der Waals surface area contributed by atoms with Crippen LogP contribution in [0.4, 0.5) is 4.79 Å². The number of rotatable bonds is 0. The summed E-state index contributed by atoms with van der Waals surface area (Å²) in [7, 11) is 0. The van der Waals surface area contributed by atoms with E-state index in [2.05, 4.69) is 5.32 Å². The van der Waals surface area contributed by atoms with Crippen molar-refractivity contribution >= 4 is 12.0 Å². The van der Waals surface area contributed by atoms with Crippen LogP contribution in [0.5, 0.6) is 0 Å². The van der Waals surface area contributed by atoms with Crippen LogP contribution < -0.4 is 5.32 Å². The Morgan fingerprint density at radius 3 is 2.58 bits per heavy atom. The number of piperidine rings is 1. The van der Waals surface area contributed by atoms with E-state index < -0.39 is 22.5 Å². The maximum atomic E-state index is 12.3. The first-order valence-corrected chi connectivity index (χ1v) is 6.63. The SMILES string of the molecule is CC(C)(C)C1(O)CNC(=O)C12CCCN(C(=O)O)C2. The van der Waals surface area contributed by atoms with Crippen LogP contribution in [0.1, 0.15) is 33.6 Å². The van der Waals surface area contributed by atoms with E-state index in [4.69, 9.17) is 5.11 Å². The maximum absolute atomic E-state index is 12.3. The van der Waals surface area contributed by atoms with Crippen LogP contribution in [0.25, 0.3) is 0 Å². The number of carbonyl (C=O) groups excluding carboxylic acids is 1. The normalized spacial score (nSPS) is 35.6. The molecule has 2 fully saturated rings. The van der Waals surface area contributed by atoms with Gasteiger partial charge < -0.3 is 20.4 Å². The Kier molecular flexibility index (Phi) is 3.04. The Morgan fingerprint density at radius 2 is 2.05 bits per heavy atom. The van der Waals surface area contributed by atoms with Crippen molar-refractivity contribution in [1.82, 2.24) is 10.2 Å². The molecule has 2 amide bonds. The molecule has 0 bridgehead atoms. The first-order valence-electron chi connectivity index (χ1n) is 6.63. The second-order valence-electron chi connectivity index (χ2n) is 6.68. The summed E-state index contributed by atoms with van der Waals surface area (Å²) in [6.07, 6.45) is 0.0872. The lowest BCUT2D eigenvalue weighted by atomic mass is 9.59. The first-order chi connectivity index (χ1) is 8.64. The van der Waals surface area contributed by atoms with Gasteiger partial charge in [-0.15, -0.1) is 0 Å². The van der Waals surface area contributed by atoms with Crippen molar-refractivity contribution in [2.75, 3.05) is 19.6 Å². The summed E-state index contributed by atoms with van der Waals surface area (Å²) < 4.78 is 0. The Bertz CT molecular complexity index is 417. The molecule has 0 aromatic carbocycles. The molecule has 3 N–H and O–H groups in total. The Balaban J connectivity index is 2.43. The molecule has 2 heterocycles. The molecule has 108 valence electrons. The third-order valence-corrected chi connectivity index (χ3v) is 4.73. The quantitative estimate of drug-likeness (QED) is 0.603. The van der Waals surface area contributed by atoms with E-state index in [1.807, 2.05) is 20.8 Å². The van der Waals surface area contributed by atoms with Gasteiger partial charge in [0.05, 0.1) is 5.41 Å². The highest BCUT2D eigenvalue weighted by atomic mass is 16.4. The monoisotopic (exact) mass is 270 g/mol. The second kappa shape index (κ2) is 4.10. The molecule has 6 heteroatoms. The van der Waals surface area contributed by atoms with Crippen molar-refractivity contribution < 1.29 is 19.8 Å². The van der Waals surface area contributed by atoms with Crippen molar-refractivity contribution in [3.63, 3.8) is 0 Å². The summed E-state index contributed by atoms with van der Waals surface area (Å²) in [5.41, 5.74) is -2.76. The molecule has 0 aromatic heterocycles. The van der Waals surface area contributed by atoms with Gasteiger partial charge in [0.1, 0.15) is 5.60 Å². The zero-order chi connectivity index (χ0) is 14.5. The minimum absolute atomic E-state index is 0.0714. The summed E-state index contributed by atoms with van der Waals surface area (Å²) in [6.45, 7) is 6.33. The molecule has 2 atom stereocenters. The molecule has 0 aliphatic carbocycles. The lowest BCUT2D eigenvalue weighted by Gasteiger charge is -2.51. The van der Waals surface area contributed by atoms with E-state index in [0.29, 0.717) is 19.4 Å². The van der Waals surface area contributed by atoms with E-state index in [-0.39, 0.29) is 19.0 Å². The maximum Gasteiger partial charge on any atom is 0.407 e. The van der Waals surface area contributed by atoms with Crippen molar-refractivity contribution in [1.29, 1.82) is 0 Å². The lowest BCUT2D eigenvalue weighted by molar-refractivity contribution is -0.163. The molecule has 2 unspecified atom stereocenters. The number of carbonyl (C=O) groups is 2. The van der Waals surface area contributed by atoms with Gasteiger partial charge in [0, 0.05) is 19.6 Å². The van der Waals surface area contributed by atoms with Crippen LogP contribution in [0.2, 0.25) is 0 Å². The number of carboxylic acid groups (broad SMARTS) is 1. The van der Waals surface area contributed by atoms with Gasteiger partial charge in [0.25, 0.3) is 0 Å². The summed E-state index contributed by atoms with van der Waals surface area (Å²) >= 11 is 0. The van der Waals surface area contributed by atoms with Gasteiger partial charge in [-0.3, -0.25) is 4.79 Å². The molecular weight excluding hydrogens is 248 g/mol. The van der Waals surface area contributed by atoms with Crippen LogP contribution in [-0.4, -0.2) is 52.3 Å². The number of hydrogen-bond donors (Lipinski definition) is 3. The number of β-amino-alcohol motifs (C(OH)–C–C–N with tert-alkyl or cyclic N) is 1. The molecule has 0 aromatic rings. The van der Waals surface area contributed by atoms with Gasteiger partial charge in [-0.05, 0) is 18.3 Å². The van der Waals surface area contributed by atoms with Crippen LogP contribution >= 0.6 is 0 Å². The molecule has 2 aliphatic rings. The summed E-state index contributed by atoms with van der Waals surface area (Å²) in [4.78, 5) is 24.7. The van der Waals surface area contributed by atoms with Gasteiger partial charge >= 0.3 is 6.09 Å². The molecule has 1 spiro atoms. The number of nitrogens with one attached hydrogen (secondary N) is 1. The van der Waals surface area contributed by atoms with Crippen molar-refractivity contribution in [3.8, 4) is 0 Å². The fraction of sp³-hybridized carbons (Fsp3) is 0.846. The zero-order valence-corrected chi connectivity index (χ0v) is 11.7.